The van der Waals surface area contributed by atoms with Crippen LogP contribution < -0.4 is 4.89 Å². The van der Waals surface area contributed by atoms with Crippen LogP contribution in [0, 0.1) is 0 Å². The van der Waals surface area contributed by atoms with E-state index in [-0.39, 0.29) is 5.48 Å². The lowest BCUT2D eigenvalue weighted by molar-refractivity contribution is 0.261. The molecule has 0 amide bonds. The quantitative estimate of drug-likeness (QED) is 0.238. The Morgan fingerprint density at radius 2 is 1.75 bits per heavy atom. The van der Waals surface area contributed by atoms with Crippen molar-refractivity contribution in [3.8, 4) is 0 Å². The molecule has 0 saturated carbocycles. The summed E-state index contributed by atoms with van der Waals surface area (Å²) in [5.41, 5.74) is 0. The maximum Gasteiger partial charge on any atom is -0.0722 e. The van der Waals surface area contributed by atoms with E-state index < -0.39 is 0 Å². The fourth-order valence-corrected chi connectivity index (χ4v) is 0. The molecular formula is H4NO2S. The summed E-state index contributed by atoms with van der Waals surface area (Å²) in [5.74, 6) is 0. The summed E-state index contributed by atoms with van der Waals surface area (Å²) in [6.07, 6.45) is 0. The standard InChI is InChI=1S/H3NOS.HO/c2-1-3;/h1-3H;1H. The first kappa shape index (κ1) is 8.87. The van der Waals surface area contributed by atoms with Gasteiger partial charge >= 0.3 is 0 Å². The van der Waals surface area contributed by atoms with Gasteiger partial charge in [-0.1, -0.05) is 12.8 Å². The third-order valence-electron chi connectivity index (χ3n) is 0. The molecule has 0 spiro atoms. The first-order chi connectivity index (χ1) is 1.41. The topological polar surface area (TPSA) is 62.3 Å². The average molecular weight is 82.1 g/mol. The van der Waals surface area contributed by atoms with Gasteiger partial charge in [-0.3, -0.25) is 5.48 Å². The molecule has 0 bridgehead atoms. The van der Waals surface area contributed by atoms with Crippen LogP contribution in [0.5, 0.6) is 0 Å². The van der Waals surface area contributed by atoms with Crippen molar-refractivity contribution in [1.82, 2.24) is 4.89 Å². The summed E-state index contributed by atoms with van der Waals surface area (Å²) >= 11 is 3.09. The van der Waals surface area contributed by atoms with Crippen LogP contribution in [0.2, 0.25) is 0 Å². The number of nitrogens with one attached hydrogen (secondary N) is 1. The van der Waals surface area contributed by atoms with Crippen LogP contribution in [0.3, 0.4) is 0 Å². The van der Waals surface area contributed by atoms with E-state index in [0.717, 1.165) is 0 Å². The van der Waals surface area contributed by atoms with Gasteiger partial charge < -0.3 is 5.21 Å². The highest BCUT2D eigenvalue weighted by atomic mass is 32.1. The fraction of sp³-hybridized carbons (Fsp3) is 0. The summed E-state index contributed by atoms with van der Waals surface area (Å²) in [4.78, 5) is 1.44. The molecular weight excluding hydrogens is 78.1 g/mol. The van der Waals surface area contributed by atoms with Crippen LogP contribution in [0.1, 0.15) is 0 Å². The van der Waals surface area contributed by atoms with Gasteiger partial charge in [0.2, 0.25) is 0 Å². The SMILES string of the molecule is ONS.[OH]. The molecule has 4 heteroatoms. The van der Waals surface area contributed by atoms with Crippen molar-refractivity contribution in [2.24, 2.45) is 0 Å². The Kier molecular flexibility index (Phi) is 23.6. The van der Waals surface area contributed by atoms with E-state index in [1.54, 1.807) is 0 Å². The van der Waals surface area contributed by atoms with E-state index in [9.17, 15) is 0 Å². The first-order valence-corrected chi connectivity index (χ1v) is 0.894. The lowest BCUT2D eigenvalue weighted by atomic mass is 13.5. The Morgan fingerprint density at radius 3 is 1.75 bits per heavy atom. The zero-order valence-corrected chi connectivity index (χ0v) is 2.74. The summed E-state index contributed by atoms with van der Waals surface area (Å²) in [6, 6.07) is 0. The monoisotopic (exact) mass is 82.0 g/mol. The van der Waals surface area contributed by atoms with E-state index in [2.05, 4.69) is 12.8 Å². The molecule has 0 aromatic carbocycles. The molecule has 0 aliphatic carbocycles. The first-order valence-electron chi connectivity index (χ1n) is 0.447. The van der Waals surface area contributed by atoms with Crippen LogP contribution in [0.25, 0.3) is 0 Å². The van der Waals surface area contributed by atoms with Gasteiger partial charge in [0, 0.05) is 0 Å². The second-order valence-electron chi connectivity index (χ2n) is 0.100. The van der Waals surface area contributed by atoms with Gasteiger partial charge in [0.05, 0.1) is 0 Å². The van der Waals surface area contributed by atoms with Gasteiger partial charge in [-0.2, -0.15) is 4.89 Å². The molecule has 0 aromatic rings. The minimum absolute atomic E-state index is 0. The Labute approximate surface area is 29.4 Å². The largest absolute Gasteiger partial charge is 0.306 e. The molecule has 0 aliphatic heterocycles. The Bertz CT molecular complexity index is 6.00. The predicted molar refractivity (Wildman–Crippen MR) is 15.8 cm³/mol. The highest BCUT2D eigenvalue weighted by Crippen LogP contribution is 1.34. The smallest absolute Gasteiger partial charge is 0.0722 e. The average Bonchev–Trinajstić information content (AvgIpc) is 0.918. The maximum absolute atomic E-state index is 7.18. The van der Waals surface area contributed by atoms with Gasteiger partial charge in [-0.05, 0) is 0 Å². The molecule has 0 heterocycles. The molecule has 0 rings (SSSR count). The van der Waals surface area contributed by atoms with Crippen molar-refractivity contribution in [3.05, 3.63) is 0 Å². The van der Waals surface area contributed by atoms with Crippen LogP contribution in [-0.2, 0) is 0 Å². The number of rotatable bonds is 0. The third-order valence-corrected chi connectivity index (χ3v) is 0. The van der Waals surface area contributed by atoms with Crippen LogP contribution >= 0.6 is 12.8 Å². The third kappa shape index (κ3) is 63.8. The van der Waals surface area contributed by atoms with Gasteiger partial charge in [0.15, 0.2) is 0 Å². The number of thiol groups is 1. The molecule has 4 heavy (non-hydrogen) atoms. The zero-order valence-electron chi connectivity index (χ0n) is 1.84. The second kappa shape index (κ2) is 10.6. The summed E-state index contributed by atoms with van der Waals surface area (Å²) in [6.45, 7) is 0. The minimum Gasteiger partial charge on any atom is -0.306 e. The van der Waals surface area contributed by atoms with Crippen molar-refractivity contribution >= 4 is 12.8 Å². The zero-order chi connectivity index (χ0) is 2.71. The predicted octanol–water partition coefficient (Wildman–Crippen LogP) is -0.367. The minimum atomic E-state index is 0. The van der Waals surface area contributed by atoms with E-state index in [0.29, 0.717) is 0 Å². The summed E-state index contributed by atoms with van der Waals surface area (Å²) in [7, 11) is 0. The van der Waals surface area contributed by atoms with Crippen molar-refractivity contribution in [2.45, 2.75) is 0 Å². The van der Waals surface area contributed by atoms with Crippen molar-refractivity contribution in [2.75, 3.05) is 0 Å². The molecule has 27 valence electrons. The molecule has 0 unspecified atom stereocenters. The molecule has 3 N–H and O–H groups in total. The van der Waals surface area contributed by atoms with E-state index in [1.165, 1.54) is 4.89 Å². The normalized spacial score (nSPS) is 4.50. The molecule has 0 aromatic heterocycles. The van der Waals surface area contributed by atoms with Gasteiger partial charge in [-0.25, -0.2) is 0 Å². The Balaban J connectivity index is 0. The molecule has 1 radical (unpaired) electrons. The van der Waals surface area contributed by atoms with Crippen LogP contribution in [0.15, 0.2) is 0 Å². The van der Waals surface area contributed by atoms with Gasteiger partial charge in [0.25, 0.3) is 0 Å². The fourth-order valence-electron chi connectivity index (χ4n) is 0. The highest BCUT2D eigenvalue weighted by Gasteiger charge is 1.25. The maximum atomic E-state index is 7.18. The van der Waals surface area contributed by atoms with E-state index in [1.807, 2.05) is 0 Å². The molecule has 0 saturated heterocycles. The van der Waals surface area contributed by atoms with Crippen molar-refractivity contribution in [1.29, 1.82) is 0 Å². The lowest BCUT2D eigenvalue weighted by Gasteiger charge is -1.59. The van der Waals surface area contributed by atoms with Gasteiger partial charge in [0.1, 0.15) is 0 Å². The number of hydrogen-bond acceptors (Lipinski definition) is 3. The number of hydrogen-bond donors (Lipinski definition) is 4. The van der Waals surface area contributed by atoms with Crippen LogP contribution in [0.4, 0.5) is 0 Å². The van der Waals surface area contributed by atoms with Crippen LogP contribution in [-0.4, -0.2) is 10.7 Å². The van der Waals surface area contributed by atoms with E-state index in [4.69, 9.17) is 5.21 Å². The van der Waals surface area contributed by atoms with Crippen molar-refractivity contribution < 1.29 is 10.7 Å². The summed E-state index contributed by atoms with van der Waals surface area (Å²) < 4.78 is 0. The molecule has 0 atom stereocenters. The summed E-state index contributed by atoms with van der Waals surface area (Å²) in [5, 5.41) is 7.18. The molecule has 3 nitrogen and oxygen atoms in total. The Morgan fingerprint density at radius 1 is 1.75 bits per heavy atom. The van der Waals surface area contributed by atoms with E-state index >= 15 is 0 Å². The van der Waals surface area contributed by atoms with Crippen molar-refractivity contribution in [3.63, 3.8) is 0 Å². The Hall–Kier alpha value is 0.230. The molecule has 0 fully saturated rings. The van der Waals surface area contributed by atoms with Gasteiger partial charge in [-0.15, -0.1) is 0 Å². The second-order valence-corrected chi connectivity index (χ2v) is 0.300. The highest BCUT2D eigenvalue weighted by molar-refractivity contribution is 7.77. The lowest BCUT2D eigenvalue weighted by Crippen LogP contribution is -1.79. The molecule has 0 aliphatic rings.